The monoisotopic (exact) mass is 223 g/mol. The van der Waals surface area contributed by atoms with E-state index < -0.39 is 10.7 Å². The summed E-state index contributed by atoms with van der Waals surface area (Å²) in [6.45, 7) is 1.80. The number of pyridine rings is 1. The zero-order chi connectivity index (χ0) is 10.9. The van der Waals surface area contributed by atoms with Crippen LogP contribution in [0.15, 0.2) is 29.4 Å². The number of aromatic nitrogens is 1. The molecule has 1 aliphatic rings. The van der Waals surface area contributed by atoms with Crippen LogP contribution in [0.25, 0.3) is 0 Å². The van der Waals surface area contributed by atoms with E-state index in [-0.39, 0.29) is 0 Å². The van der Waals surface area contributed by atoms with Crippen LogP contribution in [0, 0.1) is 5.92 Å². The summed E-state index contributed by atoms with van der Waals surface area (Å²) in [5.41, 5.74) is 0. The number of nitrogens with zero attached hydrogens (tertiary/aromatic N) is 1. The van der Waals surface area contributed by atoms with Crippen LogP contribution in [0.2, 0.25) is 0 Å². The van der Waals surface area contributed by atoms with E-state index in [2.05, 4.69) is 4.98 Å². The van der Waals surface area contributed by atoms with Crippen molar-refractivity contribution in [2.24, 2.45) is 5.92 Å². The number of aliphatic carboxylic acids is 1. The summed E-state index contributed by atoms with van der Waals surface area (Å²) in [6, 6.07) is 5.57. The zero-order valence-corrected chi connectivity index (χ0v) is 9.33. The molecule has 1 atom stereocenters. The Hall–Kier alpha value is -1.03. The number of hydrogen-bond donors (Lipinski definition) is 1. The molecule has 4 heteroatoms. The highest BCUT2D eigenvalue weighted by molar-refractivity contribution is 8.01. The van der Waals surface area contributed by atoms with Crippen molar-refractivity contribution in [3.63, 3.8) is 0 Å². The minimum atomic E-state index is -0.736. The quantitative estimate of drug-likeness (QED) is 0.796. The maximum atomic E-state index is 11.3. The molecule has 3 nitrogen and oxygen atoms in total. The van der Waals surface area contributed by atoms with Crippen LogP contribution >= 0.6 is 11.8 Å². The van der Waals surface area contributed by atoms with Crippen LogP contribution in [-0.4, -0.2) is 20.8 Å². The Bertz CT molecular complexity index is 364. The van der Waals surface area contributed by atoms with Gasteiger partial charge in [-0.05, 0) is 37.8 Å². The number of thioether (sulfide) groups is 1. The molecule has 1 aromatic heterocycles. The summed E-state index contributed by atoms with van der Waals surface area (Å²) in [4.78, 5) is 15.4. The minimum absolute atomic E-state index is 0.294. The lowest BCUT2D eigenvalue weighted by Crippen LogP contribution is -2.33. The third kappa shape index (κ3) is 2.15. The molecule has 1 heterocycles. The molecule has 0 saturated heterocycles. The van der Waals surface area contributed by atoms with Crippen molar-refractivity contribution in [2.75, 3.05) is 0 Å². The van der Waals surface area contributed by atoms with E-state index in [0.29, 0.717) is 5.92 Å². The Kier molecular flexibility index (Phi) is 2.69. The summed E-state index contributed by atoms with van der Waals surface area (Å²) in [6.07, 6.45) is 3.72. The maximum absolute atomic E-state index is 11.3. The van der Waals surface area contributed by atoms with Gasteiger partial charge in [-0.1, -0.05) is 17.8 Å². The highest BCUT2D eigenvalue weighted by Crippen LogP contribution is 2.49. The lowest BCUT2D eigenvalue weighted by Gasteiger charge is -2.23. The number of hydrogen-bond acceptors (Lipinski definition) is 3. The molecular weight excluding hydrogens is 210 g/mol. The number of carboxylic acids is 1. The van der Waals surface area contributed by atoms with Crippen molar-refractivity contribution in [1.82, 2.24) is 4.98 Å². The predicted molar refractivity (Wildman–Crippen MR) is 58.9 cm³/mol. The first kappa shape index (κ1) is 10.5. The van der Waals surface area contributed by atoms with Gasteiger partial charge in [-0.3, -0.25) is 4.79 Å². The molecular formula is C11H13NO2S. The van der Waals surface area contributed by atoms with Gasteiger partial charge in [0.1, 0.15) is 4.75 Å². The lowest BCUT2D eigenvalue weighted by molar-refractivity contribution is -0.139. The highest BCUT2D eigenvalue weighted by Gasteiger charge is 2.48. The van der Waals surface area contributed by atoms with Gasteiger partial charge in [0.05, 0.1) is 5.03 Å². The van der Waals surface area contributed by atoms with E-state index in [4.69, 9.17) is 0 Å². The standard InChI is InChI=1S/C11H13NO2S/c1-11(10(13)14,8-5-6-8)15-9-4-2-3-7-12-9/h2-4,7-8H,5-6H2,1H3,(H,13,14). The molecule has 0 amide bonds. The predicted octanol–water partition coefficient (Wildman–Crippen LogP) is 2.43. The van der Waals surface area contributed by atoms with E-state index >= 15 is 0 Å². The second kappa shape index (κ2) is 3.85. The average molecular weight is 223 g/mol. The Morgan fingerprint density at radius 3 is 2.80 bits per heavy atom. The fourth-order valence-corrected chi connectivity index (χ4v) is 2.74. The summed E-state index contributed by atoms with van der Waals surface area (Å²) >= 11 is 1.36. The number of carbonyl (C=O) groups is 1. The van der Waals surface area contributed by atoms with Crippen LogP contribution in [0.5, 0.6) is 0 Å². The van der Waals surface area contributed by atoms with Crippen LogP contribution < -0.4 is 0 Å². The largest absolute Gasteiger partial charge is 0.480 e. The maximum Gasteiger partial charge on any atom is 0.320 e. The molecule has 0 spiro atoms. The summed E-state index contributed by atoms with van der Waals surface area (Å²) < 4.78 is -0.714. The second-order valence-electron chi connectivity index (χ2n) is 3.96. The zero-order valence-electron chi connectivity index (χ0n) is 8.51. The molecule has 0 aromatic carbocycles. The molecule has 1 saturated carbocycles. The first-order chi connectivity index (χ1) is 7.13. The van der Waals surface area contributed by atoms with E-state index in [1.807, 2.05) is 18.2 Å². The third-order valence-electron chi connectivity index (χ3n) is 2.74. The van der Waals surface area contributed by atoms with E-state index in [1.54, 1.807) is 13.1 Å². The molecule has 15 heavy (non-hydrogen) atoms. The molecule has 0 aliphatic heterocycles. The van der Waals surface area contributed by atoms with E-state index in [0.717, 1.165) is 17.9 Å². The molecule has 1 unspecified atom stereocenters. The minimum Gasteiger partial charge on any atom is -0.480 e. The van der Waals surface area contributed by atoms with Gasteiger partial charge in [0.25, 0.3) is 0 Å². The SMILES string of the molecule is CC(Sc1ccccn1)(C(=O)O)C1CC1. The van der Waals surface area contributed by atoms with Crippen molar-refractivity contribution >= 4 is 17.7 Å². The first-order valence-corrected chi connectivity index (χ1v) is 5.78. The Morgan fingerprint density at radius 1 is 1.60 bits per heavy atom. The van der Waals surface area contributed by atoms with Crippen LogP contribution in [-0.2, 0) is 4.79 Å². The van der Waals surface area contributed by atoms with Crippen molar-refractivity contribution in [1.29, 1.82) is 0 Å². The fourth-order valence-electron chi connectivity index (χ4n) is 1.56. The average Bonchev–Trinajstić information content (AvgIpc) is 3.02. The van der Waals surface area contributed by atoms with Crippen molar-refractivity contribution in [2.45, 2.75) is 29.5 Å². The van der Waals surface area contributed by atoms with Crippen molar-refractivity contribution in [3.8, 4) is 0 Å². The van der Waals surface area contributed by atoms with Gasteiger partial charge in [0.2, 0.25) is 0 Å². The second-order valence-corrected chi connectivity index (χ2v) is 5.43. The third-order valence-corrected chi connectivity index (χ3v) is 4.12. The topological polar surface area (TPSA) is 50.2 Å². The van der Waals surface area contributed by atoms with E-state index in [9.17, 15) is 9.90 Å². The molecule has 1 aromatic rings. The molecule has 1 fully saturated rings. The van der Waals surface area contributed by atoms with Crippen molar-refractivity contribution in [3.05, 3.63) is 24.4 Å². The van der Waals surface area contributed by atoms with Gasteiger partial charge in [0.15, 0.2) is 0 Å². The Labute approximate surface area is 92.9 Å². The normalized spacial score (nSPS) is 19.5. The number of rotatable bonds is 4. The van der Waals surface area contributed by atoms with Crippen LogP contribution in [0.3, 0.4) is 0 Å². The van der Waals surface area contributed by atoms with Crippen LogP contribution in [0.4, 0.5) is 0 Å². The number of carboxylic acid groups (broad SMARTS) is 1. The smallest absolute Gasteiger partial charge is 0.320 e. The van der Waals surface area contributed by atoms with Crippen molar-refractivity contribution < 1.29 is 9.90 Å². The fraction of sp³-hybridized carbons (Fsp3) is 0.455. The van der Waals surface area contributed by atoms with E-state index in [1.165, 1.54) is 11.8 Å². The van der Waals surface area contributed by atoms with Gasteiger partial charge < -0.3 is 5.11 Å². The van der Waals surface area contributed by atoms with Gasteiger partial charge in [0, 0.05) is 6.20 Å². The molecule has 80 valence electrons. The molecule has 1 aliphatic carbocycles. The summed E-state index contributed by atoms with van der Waals surface area (Å²) in [5.74, 6) is -0.442. The Morgan fingerprint density at radius 2 is 2.33 bits per heavy atom. The van der Waals surface area contributed by atoms with Gasteiger partial charge in [-0.15, -0.1) is 0 Å². The van der Waals surface area contributed by atoms with Crippen LogP contribution in [0.1, 0.15) is 19.8 Å². The summed E-state index contributed by atoms with van der Waals surface area (Å²) in [7, 11) is 0. The Balaban J connectivity index is 2.17. The van der Waals surface area contributed by atoms with Gasteiger partial charge >= 0.3 is 5.97 Å². The van der Waals surface area contributed by atoms with Gasteiger partial charge in [-0.25, -0.2) is 4.98 Å². The molecule has 0 radical (unpaired) electrons. The highest BCUT2D eigenvalue weighted by atomic mass is 32.2. The first-order valence-electron chi connectivity index (χ1n) is 4.96. The molecule has 0 bridgehead atoms. The van der Waals surface area contributed by atoms with Gasteiger partial charge in [-0.2, -0.15) is 0 Å². The molecule has 2 rings (SSSR count). The summed E-state index contributed by atoms with van der Waals surface area (Å²) in [5, 5.41) is 10.0. The molecule has 1 N–H and O–H groups in total. The lowest BCUT2D eigenvalue weighted by atomic mass is 10.1.